The van der Waals surface area contributed by atoms with Gasteiger partial charge in [0.15, 0.2) is 15.7 Å². The predicted molar refractivity (Wildman–Crippen MR) is 92.9 cm³/mol. The summed E-state index contributed by atoms with van der Waals surface area (Å²) in [7, 11) is -3.59. The van der Waals surface area contributed by atoms with E-state index in [1.807, 2.05) is 6.92 Å². The van der Waals surface area contributed by atoms with Gasteiger partial charge in [-0.1, -0.05) is 30.1 Å². The SMILES string of the molecule is CCCCNC(=O)CCc1nc(CS(=O)(=O)c2ccc(Cl)cc2)no1. The molecule has 0 aliphatic heterocycles. The Morgan fingerprint density at radius 1 is 1.28 bits per heavy atom. The van der Waals surface area contributed by atoms with Crippen LogP contribution in [0.15, 0.2) is 33.7 Å². The quantitative estimate of drug-likeness (QED) is 0.665. The van der Waals surface area contributed by atoms with Crippen LogP contribution in [0, 0.1) is 0 Å². The van der Waals surface area contributed by atoms with Gasteiger partial charge in [0, 0.05) is 24.4 Å². The highest BCUT2D eigenvalue weighted by Gasteiger charge is 2.19. The molecular formula is C16H20ClN3O4S. The number of benzene rings is 1. The number of amides is 1. The lowest BCUT2D eigenvalue weighted by atomic mass is 10.3. The summed E-state index contributed by atoms with van der Waals surface area (Å²) < 4.78 is 29.6. The molecule has 0 fully saturated rings. The van der Waals surface area contributed by atoms with Gasteiger partial charge in [0.1, 0.15) is 5.75 Å². The van der Waals surface area contributed by atoms with Crippen LogP contribution in [0.25, 0.3) is 0 Å². The van der Waals surface area contributed by atoms with E-state index in [9.17, 15) is 13.2 Å². The summed E-state index contributed by atoms with van der Waals surface area (Å²) in [6.45, 7) is 2.69. The Labute approximate surface area is 151 Å². The molecule has 0 aliphatic carbocycles. The van der Waals surface area contributed by atoms with E-state index in [0.717, 1.165) is 12.8 Å². The van der Waals surface area contributed by atoms with Crippen LogP contribution >= 0.6 is 11.6 Å². The van der Waals surface area contributed by atoms with Crippen LogP contribution in [0.5, 0.6) is 0 Å². The normalized spacial score (nSPS) is 11.4. The van der Waals surface area contributed by atoms with E-state index in [0.29, 0.717) is 11.6 Å². The summed E-state index contributed by atoms with van der Waals surface area (Å²) in [6.07, 6.45) is 2.43. The van der Waals surface area contributed by atoms with E-state index < -0.39 is 9.84 Å². The molecule has 0 unspecified atom stereocenters. The highest BCUT2D eigenvalue weighted by atomic mass is 35.5. The maximum Gasteiger partial charge on any atom is 0.227 e. The third kappa shape index (κ3) is 6.13. The first-order valence-corrected chi connectivity index (χ1v) is 10.00. The zero-order chi connectivity index (χ0) is 18.3. The molecule has 0 bridgehead atoms. The average molecular weight is 386 g/mol. The molecule has 9 heteroatoms. The van der Waals surface area contributed by atoms with Gasteiger partial charge in [0.05, 0.1) is 4.90 Å². The van der Waals surface area contributed by atoms with Crippen molar-refractivity contribution >= 4 is 27.3 Å². The first-order chi connectivity index (χ1) is 11.9. The summed E-state index contributed by atoms with van der Waals surface area (Å²) >= 11 is 5.76. The Balaban J connectivity index is 1.90. The van der Waals surface area contributed by atoms with Crippen molar-refractivity contribution in [3.63, 3.8) is 0 Å². The highest BCUT2D eigenvalue weighted by molar-refractivity contribution is 7.90. The number of nitrogens with zero attached hydrogens (tertiary/aromatic N) is 2. The fourth-order valence-electron chi connectivity index (χ4n) is 2.06. The number of nitrogens with one attached hydrogen (secondary N) is 1. The lowest BCUT2D eigenvalue weighted by Gasteiger charge is -2.02. The number of hydrogen-bond acceptors (Lipinski definition) is 6. The van der Waals surface area contributed by atoms with Gasteiger partial charge in [-0.3, -0.25) is 4.79 Å². The van der Waals surface area contributed by atoms with Crippen LogP contribution in [-0.2, 0) is 26.8 Å². The summed E-state index contributed by atoms with van der Waals surface area (Å²) in [6, 6.07) is 5.87. The average Bonchev–Trinajstić information content (AvgIpc) is 3.00. The molecule has 1 heterocycles. The largest absolute Gasteiger partial charge is 0.356 e. The molecule has 0 atom stereocenters. The van der Waals surface area contributed by atoms with E-state index in [4.69, 9.17) is 16.1 Å². The summed E-state index contributed by atoms with van der Waals surface area (Å²) in [4.78, 5) is 15.8. The van der Waals surface area contributed by atoms with Crippen molar-refractivity contribution in [2.45, 2.75) is 43.3 Å². The van der Waals surface area contributed by atoms with Crippen molar-refractivity contribution < 1.29 is 17.7 Å². The predicted octanol–water partition coefficient (Wildman–Crippen LogP) is 2.55. The first-order valence-electron chi connectivity index (χ1n) is 7.97. The molecule has 1 aromatic carbocycles. The maximum absolute atomic E-state index is 12.3. The van der Waals surface area contributed by atoms with E-state index in [-0.39, 0.29) is 41.1 Å². The van der Waals surface area contributed by atoms with Crippen LogP contribution in [0.4, 0.5) is 0 Å². The van der Waals surface area contributed by atoms with E-state index in [1.54, 1.807) is 0 Å². The minimum atomic E-state index is -3.59. The third-order valence-corrected chi connectivity index (χ3v) is 5.30. The number of rotatable bonds is 9. The van der Waals surface area contributed by atoms with E-state index >= 15 is 0 Å². The number of carbonyl (C=O) groups excluding carboxylic acids is 1. The van der Waals surface area contributed by atoms with Gasteiger partial charge in [0.2, 0.25) is 11.8 Å². The second kappa shape index (κ2) is 8.96. The number of carbonyl (C=O) groups is 1. The van der Waals surface area contributed by atoms with Crippen LogP contribution in [0.3, 0.4) is 0 Å². The number of aromatic nitrogens is 2. The Morgan fingerprint density at radius 3 is 2.68 bits per heavy atom. The second-order valence-corrected chi connectivity index (χ2v) is 7.95. The molecule has 0 aliphatic rings. The topological polar surface area (TPSA) is 102 Å². The standard InChI is InChI=1S/C16H20ClN3O4S/c1-2-3-10-18-15(21)8-9-16-19-14(20-24-16)11-25(22,23)13-6-4-12(17)5-7-13/h4-7H,2-3,8-11H2,1H3,(H,18,21). The van der Waals surface area contributed by atoms with Crippen LogP contribution in [0.1, 0.15) is 37.9 Å². The number of aryl methyl sites for hydroxylation is 1. The fraction of sp³-hybridized carbons (Fsp3) is 0.438. The van der Waals surface area contributed by atoms with Crippen molar-refractivity contribution in [1.29, 1.82) is 0 Å². The van der Waals surface area contributed by atoms with Crippen LogP contribution in [0.2, 0.25) is 5.02 Å². The summed E-state index contributed by atoms with van der Waals surface area (Å²) in [5.41, 5.74) is 0. The van der Waals surface area contributed by atoms with Crippen LogP contribution < -0.4 is 5.32 Å². The molecule has 0 spiro atoms. The summed E-state index contributed by atoms with van der Waals surface area (Å²) in [5.74, 6) is -0.161. The number of unbranched alkanes of at least 4 members (excludes halogenated alkanes) is 1. The van der Waals surface area contributed by atoms with Crippen molar-refractivity contribution in [3.8, 4) is 0 Å². The van der Waals surface area contributed by atoms with E-state index in [2.05, 4.69) is 15.5 Å². The third-order valence-electron chi connectivity index (χ3n) is 3.42. The van der Waals surface area contributed by atoms with Crippen LogP contribution in [-0.4, -0.2) is 31.0 Å². The fourth-order valence-corrected chi connectivity index (χ4v) is 3.36. The van der Waals surface area contributed by atoms with Gasteiger partial charge >= 0.3 is 0 Å². The highest BCUT2D eigenvalue weighted by Crippen LogP contribution is 2.18. The Morgan fingerprint density at radius 2 is 2.00 bits per heavy atom. The zero-order valence-electron chi connectivity index (χ0n) is 13.9. The van der Waals surface area contributed by atoms with Gasteiger partial charge in [-0.05, 0) is 30.7 Å². The summed E-state index contributed by atoms with van der Waals surface area (Å²) in [5, 5.41) is 6.92. The molecule has 0 saturated heterocycles. The van der Waals surface area contributed by atoms with Gasteiger partial charge in [-0.15, -0.1) is 0 Å². The first kappa shape index (κ1) is 19.4. The van der Waals surface area contributed by atoms with Gasteiger partial charge in [-0.2, -0.15) is 4.98 Å². The number of hydrogen-bond donors (Lipinski definition) is 1. The van der Waals surface area contributed by atoms with Crippen molar-refractivity contribution in [1.82, 2.24) is 15.5 Å². The van der Waals surface area contributed by atoms with Gasteiger partial charge < -0.3 is 9.84 Å². The molecule has 7 nitrogen and oxygen atoms in total. The second-order valence-electron chi connectivity index (χ2n) is 5.52. The smallest absolute Gasteiger partial charge is 0.227 e. The molecule has 2 rings (SSSR count). The van der Waals surface area contributed by atoms with Gasteiger partial charge in [-0.25, -0.2) is 8.42 Å². The Hall–Kier alpha value is -1.93. The molecule has 0 saturated carbocycles. The molecule has 1 amide bonds. The van der Waals surface area contributed by atoms with E-state index in [1.165, 1.54) is 24.3 Å². The lowest BCUT2D eigenvalue weighted by Crippen LogP contribution is -2.24. The Kier molecular flexibility index (Phi) is 6.95. The molecule has 1 aromatic heterocycles. The number of sulfone groups is 1. The van der Waals surface area contributed by atoms with Crippen molar-refractivity contribution in [3.05, 3.63) is 41.0 Å². The zero-order valence-corrected chi connectivity index (χ0v) is 15.4. The van der Waals surface area contributed by atoms with Crippen molar-refractivity contribution in [2.75, 3.05) is 6.54 Å². The monoisotopic (exact) mass is 385 g/mol. The lowest BCUT2D eigenvalue weighted by molar-refractivity contribution is -0.121. The minimum Gasteiger partial charge on any atom is -0.356 e. The van der Waals surface area contributed by atoms with Crippen molar-refractivity contribution in [2.24, 2.45) is 0 Å². The molecule has 2 aromatic rings. The molecule has 1 N–H and O–H groups in total. The minimum absolute atomic E-state index is 0.0661. The molecule has 136 valence electrons. The Bertz CT molecular complexity index is 803. The molecule has 25 heavy (non-hydrogen) atoms. The maximum atomic E-state index is 12.3. The number of halogens is 1. The molecular weight excluding hydrogens is 366 g/mol. The molecule has 0 radical (unpaired) electrons. The van der Waals surface area contributed by atoms with Gasteiger partial charge in [0.25, 0.3) is 0 Å².